The molecule has 0 aromatic heterocycles. The average Bonchev–Trinajstić information content (AvgIpc) is 2.49. The van der Waals surface area contributed by atoms with Gasteiger partial charge in [0, 0.05) is 27.6 Å². The molecule has 0 aromatic carbocycles. The third-order valence-corrected chi connectivity index (χ3v) is 4.92. The van der Waals surface area contributed by atoms with E-state index in [-0.39, 0.29) is 31.9 Å². The van der Waals surface area contributed by atoms with Crippen LogP contribution in [0.25, 0.3) is 0 Å². The lowest BCUT2D eigenvalue weighted by molar-refractivity contribution is -0.142. The number of hydrogen-bond acceptors (Lipinski definition) is 6. The van der Waals surface area contributed by atoms with E-state index in [9.17, 15) is 14.4 Å². The minimum Gasteiger partial charge on any atom is -0.469 e. The molecule has 24 heavy (non-hydrogen) atoms. The molecule has 9 heteroatoms. The molecule has 3 N–H and O–H groups in total. The van der Waals surface area contributed by atoms with Crippen molar-refractivity contribution in [1.82, 2.24) is 10.6 Å². The lowest BCUT2D eigenvalue weighted by Crippen LogP contribution is -2.44. The number of ether oxygens (including phenoxy) is 2. The molecule has 0 rings (SSSR count). The monoisotopic (exact) mass is 362 g/mol. The first-order valence-corrected chi connectivity index (χ1v) is 11.8. The Morgan fingerprint density at radius 1 is 1.17 bits per heavy atom. The highest BCUT2D eigenvalue weighted by Crippen LogP contribution is 2.07. The van der Waals surface area contributed by atoms with Crippen LogP contribution in [0.5, 0.6) is 0 Å². The van der Waals surface area contributed by atoms with E-state index < -0.39 is 26.2 Å². The van der Waals surface area contributed by atoms with Crippen molar-refractivity contribution in [3.8, 4) is 0 Å². The van der Waals surface area contributed by atoms with Gasteiger partial charge in [0.15, 0.2) is 0 Å². The number of aliphatic hydroxyl groups excluding tert-OH is 1. The van der Waals surface area contributed by atoms with Crippen LogP contribution in [0.15, 0.2) is 0 Å². The van der Waals surface area contributed by atoms with E-state index in [1.807, 2.05) is 0 Å². The maximum atomic E-state index is 11.7. The standard InChI is InChI=1S/C15H30N2O6Si/c1-22-14(20)6-5-13(19)16-11-12(7-8-18)17-15(21)23-9-10-24(2,3)4/h12,18H,5-11H2,1-4H3,(H,16,19)(H,17,21)/t12-/m0/s1. The molecule has 8 nitrogen and oxygen atoms in total. The van der Waals surface area contributed by atoms with Crippen molar-refractivity contribution in [2.24, 2.45) is 0 Å². The molecule has 1 atom stereocenters. The zero-order valence-corrected chi connectivity index (χ0v) is 16.0. The largest absolute Gasteiger partial charge is 0.469 e. The van der Waals surface area contributed by atoms with E-state index >= 15 is 0 Å². The number of carbonyl (C=O) groups excluding carboxylic acids is 3. The molecular weight excluding hydrogens is 332 g/mol. The second kappa shape index (κ2) is 11.9. The first-order chi connectivity index (χ1) is 11.2. The van der Waals surface area contributed by atoms with E-state index in [0.29, 0.717) is 13.0 Å². The highest BCUT2D eigenvalue weighted by atomic mass is 28.3. The quantitative estimate of drug-likeness (QED) is 0.371. The number of amides is 2. The minimum atomic E-state index is -1.27. The second-order valence-corrected chi connectivity index (χ2v) is 12.3. The summed E-state index contributed by atoms with van der Waals surface area (Å²) in [5, 5.41) is 14.3. The summed E-state index contributed by atoms with van der Waals surface area (Å²) in [6, 6.07) is 0.437. The van der Waals surface area contributed by atoms with Gasteiger partial charge < -0.3 is 25.2 Å². The van der Waals surface area contributed by atoms with Crippen LogP contribution in [-0.2, 0) is 19.1 Å². The third kappa shape index (κ3) is 12.9. The SMILES string of the molecule is COC(=O)CCC(=O)NC[C@H](CCO)NC(=O)OCC[Si](C)(C)C. The Balaban J connectivity index is 4.13. The van der Waals surface area contributed by atoms with Gasteiger partial charge in [-0.15, -0.1) is 0 Å². The van der Waals surface area contributed by atoms with Gasteiger partial charge in [-0.2, -0.15) is 0 Å². The number of alkyl carbamates (subject to hydrolysis) is 1. The number of rotatable bonds is 11. The molecular formula is C15H30N2O6Si. The molecule has 0 heterocycles. The van der Waals surface area contributed by atoms with Crippen molar-refractivity contribution in [3.63, 3.8) is 0 Å². The lowest BCUT2D eigenvalue weighted by atomic mass is 10.2. The zero-order chi connectivity index (χ0) is 18.6. The van der Waals surface area contributed by atoms with Crippen LogP contribution in [-0.4, -0.2) is 64.1 Å². The molecule has 0 aliphatic carbocycles. The van der Waals surface area contributed by atoms with Crippen LogP contribution in [0.4, 0.5) is 4.79 Å². The van der Waals surface area contributed by atoms with Crippen molar-refractivity contribution in [3.05, 3.63) is 0 Å². The normalized spacial score (nSPS) is 12.2. The smallest absolute Gasteiger partial charge is 0.407 e. The van der Waals surface area contributed by atoms with Crippen LogP contribution in [0, 0.1) is 0 Å². The van der Waals surface area contributed by atoms with Gasteiger partial charge in [-0.05, 0) is 12.5 Å². The Bertz CT molecular complexity index is 411. The van der Waals surface area contributed by atoms with E-state index in [1.165, 1.54) is 7.11 Å². The van der Waals surface area contributed by atoms with Gasteiger partial charge in [-0.25, -0.2) is 4.79 Å². The molecule has 0 aliphatic heterocycles. The summed E-state index contributed by atoms with van der Waals surface area (Å²) in [6.45, 7) is 6.95. The van der Waals surface area contributed by atoms with Crippen LogP contribution in [0.2, 0.25) is 25.7 Å². The Hall–Kier alpha value is -1.61. The third-order valence-electron chi connectivity index (χ3n) is 3.21. The Labute approximate surface area is 144 Å². The van der Waals surface area contributed by atoms with E-state index in [2.05, 4.69) is 35.0 Å². The van der Waals surface area contributed by atoms with Gasteiger partial charge in [0.25, 0.3) is 0 Å². The maximum absolute atomic E-state index is 11.7. The van der Waals surface area contributed by atoms with Gasteiger partial charge in [0.2, 0.25) is 5.91 Å². The molecule has 0 bridgehead atoms. The molecule has 0 unspecified atom stereocenters. The highest BCUT2D eigenvalue weighted by molar-refractivity contribution is 6.76. The average molecular weight is 362 g/mol. The van der Waals surface area contributed by atoms with Crippen molar-refractivity contribution in [2.45, 2.75) is 51.0 Å². The Kier molecular flexibility index (Phi) is 11.1. The van der Waals surface area contributed by atoms with Crippen LogP contribution in [0.3, 0.4) is 0 Å². The summed E-state index contributed by atoms with van der Waals surface area (Å²) in [7, 11) is -0.0117. The summed E-state index contributed by atoms with van der Waals surface area (Å²) in [5.41, 5.74) is 0. The van der Waals surface area contributed by atoms with Crippen molar-refractivity contribution >= 4 is 26.0 Å². The maximum Gasteiger partial charge on any atom is 0.407 e. The van der Waals surface area contributed by atoms with Crippen molar-refractivity contribution in [1.29, 1.82) is 0 Å². The second-order valence-electron chi connectivity index (χ2n) is 6.68. The molecule has 0 spiro atoms. The van der Waals surface area contributed by atoms with Gasteiger partial charge in [0.1, 0.15) is 0 Å². The van der Waals surface area contributed by atoms with Gasteiger partial charge in [-0.3, -0.25) is 9.59 Å². The predicted octanol–water partition coefficient (Wildman–Crippen LogP) is 0.871. The Morgan fingerprint density at radius 3 is 2.38 bits per heavy atom. The Morgan fingerprint density at radius 2 is 1.83 bits per heavy atom. The highest BCUT2D eigenvalue weighted by Gasteiger charge is 2.17. The number of esters is 1. The topological polar surface area (TPSA) is 114 Å². The fraction of sp³-hybridized carbons (Fsp3) is 0.800. The molecule has 0 saturated carbocycles. The molecule has 2 amide bonds. The molecule has 140 valence electrons. The minimum absolute atomic E-state index is 0.000831. The van der Waals surface area contributed by atoms with Crippen LogP contribution < -0.4 is 10.6 Å². The first kappa shape index (κ1) is 22.4. The first-order valence-electron chi connectivity index (χ1n) is 8.05. The number of methoxy groups -OCH3 is 1. The summed E-state index contributed by atoms with van der Waals surface area (Å²) in [6.07, 6.45) is -0.255. The molecule has 0 aromatic rings. The zero-order valence-electron chi connectivity index (χ0n) is 15.0. The van der Waals surface area contributed by atoms with E-state index in [1.54, 1.807) is 0 Å². The number of nitrogens with one attached hydrogen (secondary N) is 2. The molecule has 0 fully saturated rings. The summed E-state index contributed by atoms with van der Waals surface area (Å²) < 4.78 is 9.58. The lowest BCUT2D eigenvalue weighted by Gasteiger charge is -2.19. The predicted molar refractivity (Wildman–Crippen MR) is 92.4 cm³/mol. The van der Waals surface area contributed by atoms with Gasteiger partial charge in [-0.1, -0.05) is 19.6 Å². The number of carbonyl (C=O) groups is 3. The summed E-state index contributed by atoms with van der Waals surface area (Å²) >= 11 is 0. The molecule has 0 radical (unpaired) electrons. The number of hydrogen-bond donors (Lipinski definition) is 3. The fourth-order valence-corrected chi connectivity index (χ4v) is 2.40. The van der Waals surface area contributed by atoms with Gasteiger partial charge in [0.05, 0.1) is 26.2 Å². The van der Waals surface area contributed by atoms with E-state index in [0.717, 1.165) is 6.04 Å². The van der Waals surface area contributed by atoms with Crippen LogP contribution >= 0.6 is 0 Å². The van der Waals surface area contributed by atoms with Crippen LogP contribution in [0.1, 0.15) is 19.3 Å². The van der Waals surface area contributed by atoms with Gasteiger partial charge >= 0.3 is 12.1 Å². The fourth-order valence-electron chi connectivity index (χ4n) is 1.68. The summed E-state index contributed by atoms with van der Waals surface area (Å²) in [5.74, 6) is -0.779. The molecule has 0 aliphatic rings. The van der Waals surface area contributed by atoms with Crippen molar-refractivity contribution in [2.75, 3.05) is 26.9 Å². The van der Waals surface area contributed by atoms with Crippen molar-refractivity contribution < 1.29 is 29.0 Å². The van der Waals surface area contributed by atoms with E-state index in [4.69, 9.17) is 9.84 Å². The summed E-state index contributed by atoms with van der Waals surface area (Å²) in [4.78, 5) is 34.3. The molecule has 0 saturated heterocycles. The number of aliphatic hydroxyl groups is 1.